The zero-order chi connectivity index (χ0) is 13.2. The Bertz CT molecular complexity index is 637. The van der Waals surface area contributed by atoms with Gasteiger partial charge in [-0.05, 0) is 17.7 Å². The molecule has 0 spiro atoms. The summed E-state index contributed by atoms with van der Waals surface area (Å²) in [6.07, 6.45) is 0.345. The number of hydrogen-bond acceptors (Lipinski definition) is 3. The molecule has 2 aromatic carbocycles. The summed E-state index contributed by atoms with van der Waals surface area (Å²) >= 11 is 0. The van der Waals surface area contributed by atoms with Crippen LogP contribution in [0.4, 0.5) is 0 Å². The van der Waals surface area contributed by atoms with Gasteiger partial charge in [0.25, 0.3) is 0 Å². The highest BCUT2D eigenvalue weighted by molar-refractivity contribution is 6.02. The van der Waals surface area contributed by atoms with Crippen LogP contribution in [0.1, 0.15) is 15.9 Å². The highest BCUT2D eigenvalue weighted by Gasteiger charge is 2.43. The lowest BCUT2D eigenvalue weighted by molar-refractivity contribution is -0.778. The number of nitrogens with zero attached hydrogens (tertiary/aromatic N) is 1. The molecule has 19 heavy (non-hydrogen) atoms. The smallest absolute Gasteiger partial charge is 0.286 e. The van der Waals surface area contributed by atoms with Crippen molar-refractivity contribution >= 4 is 5.78 Å². The van der Waals surface area contributed by atoms with E-state index in [4.69, 9.17) is 4.84 Å². The van der Waals surface area contributed by atoms with Gasteiger partial charge < -0.3 is 0 Å². The van der Waals surface area contributed by atoms with E-state index in [1.165, 1.54) is 0 Å². The van der Waals surface area contributed by atoms with Crippen LogP contribution in [0, 0.1) is 4.91 Å². The molecule has 1 atom stereocenters. The van der Waals surface area contributed by atoms with Crippen molar-refractivity contribution in [3.05, 3.63) is 70.6 Å². The molecule has 94 valence electrons. The van der Waals surface area contributed by atoms with Gasteiger partial charge in [0.2, 0.25) is 16.5 Å². The number of Topliss-reactive ketones (excluding diaryl/α,β-unsaturated/α-hetero) is 1. The molecule has 2 aromatic rings. The van der Waals surface area contributed by atoms with Gasteiger partial charge in [0.15, 0.2) is 0 Å². The molecule has 0 fully saturated rings. The topological polar surface area (TPSA) is 46.4 Å². The fraction of sp³-hybridized carbons (Fsp3) is 0.133. The van der Waals surface area contributed by atoms with E-state index in [0.29, 0.717) is 22.7 Å². The second-order valence-electron chi connectivity index (χ2n) is 4.44. The first-order valence-electron chi connectivity index (χ1n) is 6.07. The Hall–Kier alpha value is -2.49. The molecule has 0 amide bonds. The van der Waals surface area contributed by atoms with E-state index < -0.39 is 6.04 Å². The number of ketones is 1. The van der Waals surface area contributed by atoms with Crippen molar-refractivity contribution in [3.8, 4) is 5.75 Å². The van der Waals surface area contributed by atoms with E-state index >= 15 is 0 Å². The molecule has 4 nitrogen and oxygen atoms in total. The van der Waals surface area contributed by atoms with Crippen LogP contribution in [-0.2, 0) is 6.42 Å². The first-order valence-corrected chi connectivity index (χ1v) is 6.07. The third-order valence-corrected chi connectivity index (χ3v) is 3.17. The first-order chi connectivity index (χ1) is 9.25. The monoisotopic (exact) mass is 254 g/mol. The van der Waals surface area contributed by atoms with Crippen LogP contribution >= 0.6 is 0 Å². The molecule has 0 radical (unpaired) electrons. The molecule has 0 N–H and O–H groups in total. The quantitative estimate of drug-likeness (QED) is 0.827. The summed E-state index contributed by atoms with van der Waals surface area (Å²) in [6.45, 7) is 0. The third-order valence-electron chi connectivity index (χ3n) is 3.17. The molecule has 0 aromatic heterocycles. The number of benzene rings is 2. The van der Waals surface area contributed by atoms with E-state index in [0.717, 1.165) is 5.56 Å². The van der Waals surface area contributed by atoms with Gasteiger partial charge in [-0.3, -0.25) is 4.79 Å². The Morgan fingerprint density at radius 2 is 1.68 bits per heavy atom. The summed E-state index contributed by atoms with van der Waals surface area (Å²) in [5, 5.41) is 0. The Kier molecular flexibility index (Phi) is 2.83. The lowest BCUT2D eigenvalue weighted by Crippen LogP contribution is -2.40. The average molecular weight is 254 g/mol. The van der Waals surface area contributed by atoms with Crippen LogP contribution in [0.2, 0.25) is 0 Å². The minimum Gasteiger partial charge on any atom is -0.286 e. The molecule has 0 bridgehead atoms. The largest absolute Gasteiger partial charge is 0.323 e. The summed E-state index contributed by atoms with van der Waals surface area (Å²) in [7, 11) is 0. The van der Waals surface area contributed by atoms with Crippen LogP contribution in [0.25, 0.3) is 0 Å². The maximum absolute atomic E-state index is 12.3. The van der Waals surface area contributed by atoms with Crippen LogP contribution in [0.3, 0.4) is 0 Å². The van der Waals surface area contributed by atoms with Crippen molar-refractivity contribution in [2.24, 2.45) is 0 Å². The highest BCUT2D eigenvalue weighted by Crippen LogP contribution is 2.26. The Balaban J connectivity index is 1.92. The summed E-state index contributed by atoms with van der Waals surface area (Å²) < 4.78 is 0. The standard InChI is InChI=1S/C15H12NO3/c17-15-12-8-4-5-9-14(12)19-16(18)13(15)10-11-6-2-1-3-7-11/h1-9,13H,10H2/q+1. The van der Waals surface area contributed by atoms with E-state index in [1.54, 1.807) is 24.3 Å². The number of fused-ring (bicyclic) bond motifs is 1. The third kappa shape index (κ3) is 2.12. The van der Waals surface area contributed by atoms with Crippen molar-refractivity contribution in [2.45, 2.75) is 12.5 Å². The van der Waals surface area contributed by atoms with Gasteiger partial charge in [0.1, 0.15) is 0 Å². The van der Waals surface area contributed by atoms with Crippen LogP contribution in [0.15, 0.2) is 54.6 Å². The molecule has 4 heteroatoms. The molecule has 0 aliphatic carbocycles. The van der Waals surface area contributed by atoms with Gasteiger partial charge in [-0.1, -0.05) is 42.5 Å². The second kappa shape index (κ2) is 4.65. The predicted molar refractivity (Wildman–Crippen MR) is 69.0 cm³/mol. The lowest BCUT2D eigenvalue weighted by Gasteiger charge is -2.14. The fourth-order valence-corrected chi connectivity index (χ4v) is 2.19. The van der Waals surface area contributed by atoms with Gasteiger partial charge in [0, 0.05) is 0 Å². The van der Waals surface area contributed by atoms with E-state index in [-0.39, 0.29) is 5.78 Å². The molecule has 0 saturated heterocycles. The first kappa shape index (κ1) is 11.6. The molecule has 1 unspecified atom stereocenters. The maximum atomic E-state index is 12.3. The number of carbonyl (C=O) groups excluding carboxylic acids is 1. The van der Waals surface area contributed by atoms with E-state index in [9.17, 15) is 9.70 Å². The van der Waals surface area contributed by atoms with E-state index in [1.807, 2.05) is 30.3 Å². The predicted octanol–water partition coefficient (Wildman–Crippen LogP) is 2.57. The van der Waals surface area contributed by atoms with Crippen molar-refractivity contribution in [3.63, 3.8) is 0 Å². The van der Waals surface area contributed by atoms with Crippen molar-refractivity contribution in [2.75, 3.05) is 0 Å². The Labute approximate surface area is 110 Å². The zero-order valence-corrected chi connectivity index (χ0v) is 10.2. The molecule has 1 aliphatic heterocycles. The van der Waals surface area contributed by atoms with Crippen LogP contribution in [-0.4, -0.2) is 16.7 Å². The summed E-state index contributed by atoms with van der Waals surface area (Å²) in [6, 6.07) is 15.4. The fourth-order valence-electron chi connectivity index (χ4n) is 2.19. The van der Waals surface area contributed by atoms with E-state index in [2.05, 4.69) is 0 Å². The second-order valence-corrected chi connectivity index (χ2v) is 4.44. The maximum Gasteiger partial charge on any atom is 0.323 e. The summed E-state index contributed by atoms with van der Waals surface area (Å²) in [5.41, 5.74) is 1.40. The Morgan fingerprint density at radius 1 is 1.00 bits per heavy atom. The average Bonchev–Trinajstić information content (AvgIpc) is 2.45. The highest BCUT2D eigenvalue weighted by atomic mass is 16.8. The molecule has 3 rings (SSSR count). The normalized spacial score (nSPS) is 17.8. The van der Waals surface area contributed by atoms with Crippen LogP contribution in [0.5, 0.6) is 5.75 Å². The van der Waals surface area contributed by atoms with Gasteiger partial charge >= 0.3 is 6.04 Å². The van der Waals surface area contributed by atoms with Crippen LogP contribution < -0.4 is 4.84 Å². The zero-order valence-electron chi connectivity index (χ0n) is 10.2. The molecule has 1 heterocycles. The minimum absolute atomic E-state index is 0.194. The number of hydrogen-bond donors (Lipinski definition) is 0. The summed E-state index contributed by atoms with van der Waals surface area (Å²) in [4.78, 5) is 29.7. The summed E-state index contributed by atoms with van der Waals surface area (Å²) in [5.74, 6) is 0.132. The van der Waals surface area contributed by atoms with Gasteiger partial charge in [-0.25, -0.2) is 0 Å². The SMILES string of the molecule is O=C1c2ccccc2O[N+](=O)C1Cc1ccccc1. The number of para-hydroxylation sites is 1. The molecular formula is C15H12NO3+. The molecule has 1 aliphatic rings. The van der Waals surface area contributed by atoms with Gasteiger partial charge in [0.05, 0.1) is 16.9 Å². The van der Waals surface area contributed by atoms with Crippen molar-refractivity contribution in [1.29, 1.82) is 0 Å². The number of rotatable bonds is 2. The van der Waals surface area contributed by atoms with Gasteiger partial charge in [-0.2, -0.15) is 4.84 Å². The molecule has 0 saturated carbocycles. The lowest BCUT2D eigenvalue weighted by atomic mass is 9.96. The number of carbonyl (C=O) groups is 1. The van der Waals surface area contributed by atoms with Gasteiger partial charge in [-0.15, -0.1) is 0 Å². The van der Waals surface area contributed by atoms with Crippen molar-refractivity contribution < 1.29 is 14.6 Å². The minimum atomic E-state index is -0.822. The van der Waals surface area contributed by atoms with Crippen molar-refractivity contribution in [1.82, 2.24) is 0 Å². The molecular weight excluding hydrogens is 242 g/mol. The Morgan fingerprint density at radius 3 is 2.47 bits per heavy atom.